The molecule has 1 aliphatic carbocycles. The molecule has 3 unspecified atom stereocenters. The molecule has 1 aromatic heterocycles. The summed E-state index contributed by atoms with van der Waals surface area (Å²) in [4.78, 5) is 28.3. The Balaban J connectivity index is 0.00000192. The van der Waals surface area contributed by atoms with Crippen molar-refractivity contribution in [2.24, 2.45) is 17.6 Å². The number of hydrogen-bond acceptors (Lipinski definition) is 5. The van der Waals surface area contributed by atoms with Crippen LogP contribution in [0.3, 0.4) is 0 Å². The minimum atomic E-state index is -0.519. The fraction of sp³-hybridized carbons (Fsp3) is 0.714. The number of carbonyl (C=O) groups excluding carboxylic acids is 1. The van der Waals surface area contributed by atoms with Crippen molar-refractivity contribution in [3.63, 3.8) is 0 Å². The molecule has 0 radical (unpaired) electrons. The van der Waals surface area contributed by atoms with Crippen molar-refractivity contribution in [3.8, 4) is 0 Å². The van der Waals surface area contributed by atoms with Gasteiger partial charge in [0.05, 0.1) is 0 Å². The summed E-state index contributed by atoms with van der Waals surface area (Å²) in [5, 5.41) is 10.7. The first-order valence-corrected chi connectivity index (χ1v) is 7.67. The van der Waals surface area contributed by atoms with Crippen LogP contribution in [0.2, 0.25) is 0 Å². The number of carbonyl (C=O) groups is 1. The van der Waals surface area contributed by atoms with Gasteiger partial charge in [0.2, 0.25) is 11.7 Å². The van der Waals surface area contributed by atoms with E-state index in [1.165, 1.54) is 6.20 Å². The minimum Gasteiger partial charge on any atom is -0.358 e. The first kappa shape index (κ1) is 17.7. The molecule has 2 N–H and O–H groups in total. The number of halogens is 1. The van der Waals surface area contributed by atoms with Gasteiger partial charge < -0.3 is 25.3 Å². The second-order valence-corrected chi connectivity index (χ2v) is 6.31. The number of imidazole rings is 1. The van der Waals surface area contributed by atoms with Crippen LogP contribution in [0.5, 0.6) is 0 Å². The number of rotatable bonds is 4. The molecule has 1 saturated heterocycles. The summed E-state index contributed by atoms with van der Waals surface area (Å²) in [6.45, 7) is 3.69. The topological polar surface area (TPSA) is 107 Å². The van der Waals surface area contributed by atoms with E-state index in [1.54, 1.807) is 11.5 Å². The van der Waals surface area contributed by atoms with Gasteiger partial charge in [0.15, 0.2) is 0 Å². The van der Waals surface area contributed by atoms with E-state index < -0.39 is 4.92 Å². The van der Waals surface area contributed by atoms with Crippen LogP contribution in [0.15, 0.2) is 6.20 Å². The summed E-state index contributed by atoms with van der Waals surface area (Å²) in [6.07, 6.45) is 3.90. The van der Waals surface area contributed by atoms with Gasteiger partial charge >= 0.3 is 5.82 Å². The van der Waals surface area contributed by atoms with Crippen LogP contribution in [0.25, 0.3) is 0 Å². The van der Waals surface area contributed by atoms with Gasteiger partial charge in [-0.05, 0) is 34.6 Å². The maximum Gasteiger partial charge on any atom is 0.381 e. The monoisotopic (exact) mass is 343 g/mol. The molecule has 1 aliphatic heterocycles. The zero-order chi connectivity index (χ0) is 15.9. The van der Waals surface area contributed by atoms with Gasteiger partial charge in [0.25, 0.3) is 0 Å². The van der Waals surface area contributed by atoms with Crippen molar-refractivity contribution < 1.29 is 9.72 Å². The fourth-order valence-electron chi connectivity index (χ4n) is 3.69. The number of aryl methyl sites for hydroxylation is 2. The SMILES string of the molecule is Cc1nc([N+](=O)[O-])cn1CCC(=O)N1CC2CCC(N)C2C1.Cl. The molecule has 128 valence electrons. The Morgan fingerprint density at radius 2 is 2.22 bits per heavy atom. The molecule has 8 nitrogen and oxygen atoms in total. The maximum atomic E-state index is 12.3. The Morgan fingerprint density at radius 3 is 2.83 bits per heavy atom. The number of nitrogens with two attached hydrogens (primary N) is 1. The van der Waals surface area contributed by atoms with Crippen molar-refractivity contribution >= 4 is 24.1 Å². The molecule has 0 spiro atoms. The summed E-state index contributed by atoms with van der Waals surface area (Å²) >= 11 is 0. The van der Waals surface area contributed by atoms with Crippen LogP contribution in [-0.2, 0) is 11.3 Å². The lowest BCUT2D eigenvalue weighted by Gasteiger charge is -2.18. The van der Waals surface area contributed by atoms with Crippen LogP contribution in [0.4, 0.5) is 5.82 Å². The van der Waals surface area contributed by atoms with Gasteiger partial charge in [-0.1, -0.05) is 0 Å². The van der Waals surface area contributed by atoms with Gasteiger partial charge in [-0.3, -0.25) is 4.79 Å². The third kappa shape index (κ3) is 3.48. The first-order valence-electron chi connectivity index (χ1n) is 7.67. The predicted molar refractivity (Wildman–Crippen MR) is 86.3 cm³/mol. The van der Waals surface area contributed by atoms with Crippen LogP contribution in [0.1, 0.15) is 25.1 Å². The first-order chi connectivity index (χ1) is 10.5. The Morgan fingerprint density at radius 1 is 1.48 bits per heavy atom. The normalized spacial score (nSPS) is 26.0. The van der Waals surface area contributed by atoms with Crippen molar-refractivity contribution in [1.82, 2.24) is 14.5 Å². The van der Waals surface area contributed by atoms with Crippen molar-refractivity contribution in [2.45, 2.75) is 38.8 Å². The quantitative estimate of drug-likeness (QED) is 0.650. The van der Waals surface area contributed by atoms with E-state index in [-0.39, 0.29) is 30.2 Å². The molecule has 3 atom stereocenters. The van der Waals surface area contributed by atoms with Crippen LogP contribution in [0, 0.1) is 28.9 Å². The largest absolute Gasteiger partial charge is 0.381 e. The second-order valence-electron chi connectivity index (χ2n) is 6.31. The third-order valence-electron chi connectivity index (χ3n) is 4.98. The van der Waals surface area contributed by atoms with Crippen molar-refractivity contribution in [1.29, 1.82) is 0 Å². The molecule has 1 saturated carbocycles. The molecule has 0 bridgehead atoms. The predicted octanol–water partition coefficient (Wildman–Crippen LogP) is 1.11. The Bertz CT molecular complexity index is 605. The lowest BCUT2D eigenvalue weighted by atomic mass is 9.98. The minimum absolute atomic E-state index is 0. The highest BCUT2D eigenvalue weighted by Gasteiger charge is 2.42. The summed E-state index contributed by atoms with van der Waals surface area (Å²) in [6, 6.07) is 0.223. The number of fused-ring (bicyclic) bond motifs is 1. The maximum absolute atomic E-state index is 12.3. The van der Waals surface area contributed by atoms with Gasteiger partial charge in [-0.15, -0.1) is 12.4 Å². The smallest absolute Gasteiger partial charge is 0.358 e. The zero-order valence-corrected chi connectivity index (χ0v) is 13.9. The van der Waals surface area contributed by atoms with E-state index in [2.05, 4.69) is 4.98 Å². The number of likely N-dealkylation sites (tertiary alicyclic amines) is 1. The van der Waals surface area contributed by atoms with E-state index in [9.17, 15) is 14.9 Å². The fourth-order valence-corrected chi connectivity index (χ4v) is 3.69. The molecule has 3 rings (SSSR count). The molecule has 2 fully saturated rings. The highest BCUT2D eigenvalue weighted by Crippen LogP contribution is 2.37. The number of nitro groups is 1. The molecule has 1 aromatic rings. The molecule has 0 aromatic carbocycles. The van der Waals surface area contributed by atoms with Gasteiger partial charge in [-0.2, -0.15) is 0 Å². The number of nitrogens with zero attached hydrogens (tertiary/aromatic N) is 4. The number of hydrogen-bond donors (Lipinski definition) is 1. The van der Waals surface area contributed by atoms with E-state index in [0.29, 0.717) is 30.6 Å². The zero-order valence-electron chi connectivity index (χ0n) is 13.1. The van der Waals surface area contributed by atoms with Gasteiger partial charge in [0.1, 0.15) is 6.20 Å². The standard InChI is InChI=1S/C14H21N5O3.ClH/c1-9-16-13(19(21)22)8-17(9)5-4-14(20)18-6-10-2-3-12(15)11(10)7-18;/h8,10-12H,2-7,15H2,1H3;1H. The molecular formula is C14H22ClN5O3. The van der Waals surface area contributed by atoms with E-state index in [4.69, 9.17) is 5.73 Å². The summed E-state index contributed by atoms with van der Waals surface area (Å²) < 4.78 is 1.67. The number of amides is 1. The van der Waals surface area contributed by atoms with E-state index in [1.807, 2.05) is 4.90 Å². The van der Waals surface area contributed by atoms with Gasteiger partial charge in [-0.25, -0.2) is 0 Å². The van der Waals surface area contributed by atoms with E-state index >= 15 is 0 Å². The van der Waals surface area contributed by atoms with Crippen LogP contribution < -0.4 is 5.73 Å². The molecule has 1 amide bonds. The molecule has 2 heterocycles. The van der Waals surface area contributed by atoms with Gasteiger partial charge in [0, 0.05) is 39.0 Å². The molecule has 2 aliphatic rings. The van der Waals surface area contributed by atoms with Crippen molar-refractivity contribution in [3.05, 3.63) is 22.1 Å². The Hall–Kier alpha value is -1.67. The average Bonchev–Trinajstić information content (AvgIpc) is 3.13. The lowest BCUT2D eigenvalue weighted by Crippen LogP contribution is -2.33. The van der Waals surface area contributed by atoms with E-state index in [0.717, 1.165) is 25.9 Å². The number of aromatic nitrogens is 2. The van der Waals surface area contributed by atoms with Crippen molar-refractivity contribution in [2.75, 3.05) is 13.1 Å². The summed E-state index contributed by atoms with van der Waals surface area (Å²) in [5.41, 5.74) is 6.08. The molecule has 9 heteroatoms. The second kappa shape index (κ2) is 6.84. The third-order valence-corrected chi connectivity index (χ3v) is 4.98. The van der Waals surface area contributed by atoms with Crippen LogP contribution >= 0.6 is 12.4 Å². The highest BCUT2D eigenvalue weighted by atomic mass is 35.5. The average molecular weight is 344 g/mol. The molecule has 23 heavy (non-hydrogen) atoms. The van der Waals surface area contributed by atoms with Crippen LogP contribution in [-0.4, -0.2) is 44.4 Å². The summed E-state index contributed by atoms with van der Waals surface area (Å²) in [7, 11) is 0. The summed E-state index contributed by atoms with van der Waals surface area (Å²) in [5.74, 6) is 1.47. The lowest BCUT2D eigenvalue weighted by molar-refractivity contribution is -0.389. The highest BCUT2D eigenvalue weighted by molar-refractivity contribution is 5.85. The Labute approximate surface area is 140 Å². The molecular weight excluding hydrogens is 322 g/mol. The Kier molecular flexibility index (Phi) is 5.26.